The second-order valence-corrected chi connectivity index (χ2v) is 5.40. The molecule has 0 radical (unpaired) electrons. The highest BCUT2D eigenvalue weighted by Gasteiger charge is 2.13. The van der Waals surface area contributed by atoms with Crippen LogP contribution in [0.25, 0.3) is 0 Å². The number of nitriles is 1. The summed E-state index contributed by atoms with van der Waals surface area (Å²) in [6.45, 7) is 1.43. The summed E-state index contributed by atoms with van der Waals surface area (Å²) in [5.41, 5.74) is 2.45. The van der Waals surface area contributed by atoms with E-state index in [1.54, 1.807) is 6.07 Å². The molecule has 1 aromatic carbocycles. The number of nitrogens with zero attached hydrogens (tertiary/aromatic N) is 3. The average molecular weight is 331 g/mol. The predicted molar refractivity (Wildman–Crippen MR) is 98.0 cm³/mol. The molecule has 0 N–H and O–H groups in total. The van der Waals surface area contributed by atoms with Gasteiger partial charge in [0, 0.05) is 44.6 Å². The van der Waals surface area contributed by atoms with Crippen LogP contribution >= 0.6 is 0 Å². The van der Waals surface area contributed by atoms with Crippen LogP contribution in [0.15, 0.2) is 79.4 Å². The van der Waals surface area contributed by atoms with Gasteiger partial charge < -0.3 is 4.74 Å². The fourth-order valence-corrected chi connectivity index (χ4v) is 2.41. The van der Waals surface area contributed by atoms with Crippen molar-refractivity contribution in [3.63, 3.8) is 0 Å². The van der Waals surface area contributed by atoms with E-state index in [1.165, 1.54) is 18.1 Å². The number of ether oxygens (including phenoxy) is 1. The maximum absolute atomic E-state index is 7.32. The average Bonchev–Trinajstić information content (AvgIpc) is 2.65. The maximum Gasteiger partial charge on any atom is 0.119 e. The van der Waals surface area contributed by atoms with Crippen LogP contribution in [0, 0.1) is 11.3 Å². The van der Waals surface area contributed by atoms with E-state index in [4.69, 9.17) is 10.00 Å². The number of pyridine rings is 2. The Balaban J connectivity index is 0.000000701. The standard InChI is InChI=1S/C19H18N2O.C2H3N/c1-2-4-18(5-3-1)22-19(14-16-6-10-20-11-7-16)15-17-8-12-21-13-9-17;1-2-3/h1-13,19H,14-15H2;1H3. The fourth-order valence-electron chi connectivity index (χ4n) is 2.41. The molecular weight excluding hydrogens is 310 g/mol. The Morgan fingerprint density at radius 1 is 0.840 bits per heavy atom. The molecule has 0 aliphatic carbocycles. The summed E-state index contributed by atoms with van der Waals surface area (Å²) in [5, 5.41) is 7.32. The minimum Gasteiger partial charge on any atom is -0.490 e. The fraction of sp³-hybridized carbons (Fsp3) is 0.190. The highest BCUT2D eigenvalue weighted by Crippen LogP contribution is 2.16. The number of benzene rings is 1. The predicted octanol–water partition coefficient (Wildman–Crippen LogP) is 4.24. The van der Waals surface area contributed by atoms with Gasteiger partial charge in [0.1, 0.15) is 11.9 Å². The third-order valence-corrected chi connectivity index (χ3v) is 3.47. The van der Waals surface area contributed by atoms with E-state index in [2.05, 4.69) is 9.97 Å². The van der Waals surface area contributed by atoms with Crippen LogP contribution < -0.4 is 4.74 Å². The Morgan fingerprint density at radius 2 is 1.28 bits per heavy atom. The van der Waals surface area contributed by atoms with Crippen molar-refractivity contribution in [2.24, 2.45) is 0 Å². The lowest BCUT2D eigenvalue weighted by Gasteiger charge is -2.19. The summed E-state index contributed by atoms with van der Waals surface area (Å²) in [4.78, 5) is 8.14. The molecule has 3 rings (SSSR count). The van der Waals surface area contributed by atoms with Crippen LogP contribution in [-0.4, -0.2) is 16.1 Å². The van der Waals surface area contributed by atoms with E-state index >= 15 is 0 Å². The number of rotatable bonds is 6. The third-order valence-electron chi connectivity index (χ3n) is 3.47. The molecule has 0 fully saturated rings. The molecule has 4 nitrogen and oxygen atoms in total. The molecule has 0 aliphatic rings. The van der Waals surface area contributed by atoms with Crippen LogP contribution in [0.2, 0.25) is 0 Å². The van der Waals surface area contributed by atoms with Gasteiger partial charge in [-0.25, -0.2) is 0 Å². The van der Waals surface area contributed by atoms with E-state index in [-0.39, 0.29) is 6.10 Å². The molecule has 0 saturated carbocycles. The van der Waals surface area contributed by atoms with E-state index in [0.29, 0.717) is 0 Å². The molecule has 0 unspecified atom stereocenters. The van der Waals surface area contributed by atoms with Crippen molar-refractivity contribution < 1.29 is 4.74 Å². The zero-order valence-electron chi connectivity index (χ0n) is 14.2. The summed E-state index contributed by atoms with van der Waals surface area (Å²) in [7, 11) is 0. The first-order valence-electron chi connectivity index (χ1n) is 8.12. The van der Waals surface area contributed by atoms with Gasteiger partial charge in [0.05, 0.1) is 6.07 Å². The summed E-state index contributed by atoms with van der Waals surface area (Å²) in [6, 6.07) is 19.9. The van der Waals surface area contributed by atoms with Crippen LogP contribution in [0.4, 0.5) is 0 Å². The molecule has 0 bridgehead atoms. The van der Waals surface area contributed by atoms with Gasteiger partial charge in [-0.3, -0.25) is 9.97 Å². The summed E-state index contributed by atoms with van der Waals surface area (Å²) >= 11 is 0. The second kappa shape index (κ2) is 10.6. The van der Waals surface area contributed by atoms with Crippen molar-refractivity contribution >= 4 is 0 Å². The Labute approximate surface area is 148 Å². The number of para-hydroxylation sites is 1. The lowest BCUT2D eigenvalue weighted by Crippen LogP contribution is -2.22. The molecule has 0 spiro atoms. The van der Waals surface area contributed by atoms with Crippen molar-refractivity contribution in [1.82, 2.24) is 9.97 Å². The zero-order valence-corrected chi connectivity index (χ0v) is 14.2. The van der Waals surface area contributed by atoms with Crippen molar-refractivity contribution in [2.75, 3.05) is 0 Å². The number of aromatic nitrogens is 2. The Bertz CT molecular complexity index is 657. The van der Waals surface area contributed by atoms with Crippen molar-refractivity contribution in [3.05, 3.63) is 90.5 Å². The summed E-state index contributed by atoms with van der Waals surface area (Å²) in [5.74, 6) is 0.899. The van der Waals surface area contributed by atoms with Gasteiger partial charge in [-0.1, -0.05) is 18.2 Å². The molecule has 0 amide bonds. The minimum atomic E-state index is 0.0761. The third kappa shape index (κ3) is 6.84. The molecule has 0 atom stereocenters. The monoisotopic (exact) mass is 331 g/mol. The zero-order chi connectivity index (χ0) is 17.7. The highest BCUT2D eigenvalue weighted by atomic mass is 16.5. The SMILES string of the molecule is CC#N.c1ccc(OC(Cc2ccncc2)Cc2ccncc2)cc1. The quantitative estimate of drug-likeness (QED) is 0.678. The van der Waals surface area contributed by atoms with Crippen LogP contribution in [0.5, 0.6) is 5.75 Å². The summed E-state index contributed by atoms with van der Waals surface area (Å²) < 4.78 is 6.18. The van der Waals surface area contributed by atoms with E-state index in [1.807, 2.05) is 79.4 Å². The van der Waals surface area contributed by atoms with Crippen LogP contribution in [0.1, 0.15) is 18.1 Å². The normalized spacial score (nSPS) is 9.64. The molecule has 4 heteroatoms. The highest BCUT2D eigenvalue weighted by molar-refractivity contribution is 5.23. The molecule has 3 aromatic rings. The molecule has 2 heterocycles. The maximum atomic E-state index is 7.32. The topological polar surface area (TPSA) is 58.8 Å². The largest absolute Gasteiger partial charge is 0.490 e. The minimum absolute atomic E-state index is 0.0761. The molecule has 0 saturated heterocycles. The lowest BCUT2D eigenvalue weighted by molar-refractivity contribution is 0.202. The molecule has 0 aliphatic heterocycles. The van der Waals surface area contributed by atoms with Crippen molar-refractivity contribution in [3.8, 4) is 11.8 Å². The molecule has 2 aromatic heterocycles. The van der Waals surface area contributed by atoms with Gasteiger partial charge in [-0.15, -0.1) is 0 Å². The van der Waals surface area contributed by atoms with Gasteiger partial charge in [-0.05, 0) is 47.5 Å². The lowest BCUT2D eigenvalue weighted by atomic mass is 10.0. The first-order valence-corrected chi connectivity index (χ1v) is 8.12. The first-order chi connectivity index (χ1) is 12.3. The second-order valence-electron chi connectivity index (χ2n) is 5.40. The molecular formula is C21H21N3O. The van der Waals surface area contributed by atoms with E-state index in [0.717, 1.165) is 18.6 Å². The van der Waals surface area contributed by atoms with E-state index in [9.17, 15) is 0 Å². The Hall–Kier alpha value is -3.19. The molecule has 25 heavy (non-hydrogen) atoms. The Morgan fingerprint density at radius 3 is 1.72 bits per heavy atom. The number of hydrogen-bond donors (Lipinski definition) is 0. The van der Waals surface area contributed by atoms with Crippen LogP contribution in [0.3, 0.4) is 0 Å². The first kappa shape index (κ1) is 18.2. The number of hydrogen-bond acceptors (Lipinski definition) is 4. The van der Waals surface area contributed by atoms with Gasteiger partial charge in [0.25, 0.3) is 0 Å². The Kier molecular flexibility index (Phi) is 7.67. The van der Waals surface area contributed by atoms with Crippen molar-refractivity contribution in [1.29, 1.82) is 5.26 Å². The molecule has 126 valence electrons. The smallest absolute Gasteiger partial charge is 0.119 e. The van der Waals surface area contributed by atoms with Gasteiger partial charge in [0.15, 0.2) is 0 Å². The van der Waals surface area contributed by atoms with Crippen molar-refractivity contribution in [2.45, 2.75) is 25.9 Å². The summed E-state index contributed by atoms with van der Waals surface area (Å²) in [6.07, 6.45) is 9.05. The van der Waals surface area contributed by atoms with Crippen LogP contribution in [-0.2, 0) is 12.8 Å². The van der Waals surface area contributed by atoms with Gasteiger partial charge in [0.2, 0.25) is 0 Å². The van der Waals surface area contributed by atoms with E-state index < -0.39 is 0 Å². The van der Waals surface area contributed by atoms with Gasteiger partial charge >= 0.3 is 0 Å². The van der Waals surface area contributed by atoms with Gasteiger partial charge in [-0.2, -0.15) is 5.26 Å².